The molecule has 0 fully saturated rings. The third kappa shape index (κ3) is 3.60. The molecule has 0 bridgehead atoms. The highest BCUT2D eigenvalue weighted by Crippen LogP contribution is 2.26. The quantitative estimate of drug-likeness (QED) is 0.937. The number of pyridine rings is 1. The second-order valence-corrected chi connectivity index (χ2v) is 5.04. The van der Waals surface area contributed by atoms with E-state index in [-0.39, 0.29) is 6.04 Å². The number of hydrogen-bond acceptors (Lipinski definition) is 3. The molecule has 3 nitrogen and oxygen atoms in total. The van der Waals surface area contributed by atoms with Gasteiger partial charge in [-0.15, -0.1) is 0 Å². The number of nitrogens with two attached hydrogens (primary N) is 1. The van der Waals surface area contributed by atoms with E-state index >= 15 is 0 Å². The molecule has 100 valence electrons. The van der Waals surface area contributed by atoms with E-state index in [1.807, 2.05) is 18.2 Å². The molecule has 1 unspecified atom stereocenters. The van der Waals surface area contributed by atoms with Crippen LogP contribution in [0.15, 0.2) is 36.5 Å². The van der Waals surface area contributed by atoms with Crippen molar-refractivity contribution in [3.05, 3.63) is 57.8 Å². The first kappa shape index (κ1) is 14.1. The number of rotatable bonds is 4. The zero-order valence-corrected chi connectivity index (χ0v) is 11.9. The smallest absolute Gasteiger partial charge is 0.122 e. The molecular weight excluding hydrogens is 283 g/mol. The van der Waals surface area contributed by atoms with Gasteiger partial charge >= 0.3 is 0 Å². The highest BCUT2D eigenvalue weighted by molar-refractivity contribution is 6.30. The predicted molar refractivity (Wildman–Crippen MR) is 77.9 cm³/mol. The highest BCUT2D eigenvalue weighted by atomic mass is 35.5. The second-order valence-electron chi connectivity index (χ2n) is 4.17. The van der Waals surface area contributed by atoms with E-state index in [1.54, 1.807) is 25.4 Å². The average Bonchev–Trinajstić information content (AvgIpc) is 2.39. The molecule has 2 N–H and O–H groups in total. The second kappa shape index (κ2) is 6.24. The fourth-order valence-electron chi connectivity index (χ4n) is 1.85. The van der Waals surface area contributed by atoms with Crippen molar-refractivity contribution in [3.63, 3.8) is 0 Å². The topological polar surface area (TPSA) is 48.1 Å². The van der Waals surface area contributed by atoms with Gasteiger partial charge in [0.2, 0.25) is 0 Å². The van der Waals surface area contributed by atoms with Crippen LogP contribution in [0.1, 0.15) is 17.3 Å². The molecule has 0 saturated carbocycles. The molecule has 2 rings (SSSR count). The minimum atomic E-state index is -0.232. The Morgan fingerprint density at radius 2 is 1.95 bits per heavy atom. The lowest BCUT2D eigenvalue weighted by atomic mass is 10.0. The van der Waals surface area contributed by atoms with Crippen LogP contribution in [0.2, 0.25) is 10.0 Å². The van der Waals surface area contributed by atoms with E-state index in [0.29, 0.717) is 16.5 Å². The number of benzene rings is 1. The Hall–Kier alpha value is -1.29. The van der Waals surface area contributed by atoms with Crippen LogP contribution in [0.5, 0.6) is 5.75 Å². The summed E-state index contributed by atoms with van der Waals surface area (Å²) in [5, 5.41) is 1.25. The summed E-state index contributed by atoms with van der Waals surface area (Å²) >= 11 is 11.8. The van der Waals surface area contributed by atoms with E-state index in [4.69, 9.17) is 33.7 Å². The number of nitrogens with zero attached hydrogens (tertiary/aromatic N) is 1. The molecule has 1 atom stereocenters. The zero-order valence-electron chi connectivity index (χ0n) is 10.4. The van der Waals surface area contributed by atoms with E-state index in [9.17, 15) is 0 Å². The van der Waals surface area contributed by atoms with Crippen LogP contribution in [0, 0.1) is 0 Å². The lowest BCUT2D eigenvalue weighted by molar-refractivity contribution is 0.408. The summed E-state index contributed by atoms with van der Waals surface area (Å²) in [7, 11) is 1.62. The number of ether oxygens (including phenoxy) is 1. The van der Waals surface area contributed by atoms with Crippen molar-refractivity contribution in [1.82, 2.24) is 4.98 Å². The lowest BCUT2D eigenvalue weighted by Crippen LogP contribution is -2.15. The summed E-state index contributed by atoms with van der Waals surface area (Å²) in [5.74, 6) is 0.772. The third-order valence-electron chi connectivity index (χ3n) is 2.81. The van der Waals surface area contributed by atoms with Crippen LogP contribution in [-0.2, 0) is 6.42 Å². The largest absolute Gasteiger partial charge is 0.496 e. The first-order chi connectivity index (χ1) is 9.10. The van der Waals surface area contributed by atoms with Crippen molar-refractivity contribution >= 4 is 23.2 Å². The molecule has 19 heavy (non-hydrogen) atoms. The Balaban J connectivity index is 2.20. The Kier molecular flexibility index (Phi) is 4.64. The minimum Gasteiger partial charge on any atom is -0.496 e. The Bertz CT molecular complexity index is 558. The number of aromatic nitrogens is 1. The Morgan fingerprint density at radius 1 is 1.21 bits per heavy atom. The Morgan fingerprint density at radius 3 is 2.58 bits per heavy atom. The van der Waals surface area contributed by atoms with E-state index < -0.39 is 0 Å². The molecule has 0 aliphatic rings. The van der Waals surface area contributed by atoms with Crippen LogP contribution in [0.25, 0.3) is 0 Å². The number of methoxy groups -OCH3 is 1. The summed E-state index contributed by atoms with van der Waals surface area (Å²) in [4.78, 5) is 4.22. The van der Waals surface area contributed by atoms with Gasteiger partial charge in [-0.25, -0.2) is 0 Å². The van der Waals surface area contributed by atoms with Gasteiger partial charge in [0, 0.05) is 11.2 Å². The van der Waals surface area contributed by atoms with Crippen LogP contribution >= 0.6 is 23.2 Å². The highest BCUT2D eigenvalue weighted by Gasteiger charge is 2.12. The first-order valence-electron chi connectivity index (χ1n) is 5.79. The van der Waals surface area contributed by atoms with Crippen molar-refractivity contribution in [2.75, 3.05) is 7.11 Å². The normalized spacial score (nSPS) is 12.2. The van der Waals surface area contributed by atoms with Crippen LogP contribution in [0.3, 0.4) is 0 Å². The number of hydrogen-bond donors (Lipinski definition) is 1. The van der Waals surface area contributed by atoms with Gasteiger partial charge in [-0.3, -0.25) is 4.98 Å². The maximum absolute atomic E-state index is 6.15. The van der Waals surface area contributed by atoms with Crippen LogP contribution < -0.4 is 10.5 Å². The van der Waals surface area contributed by atoms with Crippen molar-refractivity contribution in [2.24, 2.45) is 5.73 Å². The lowest BCUT2D eigenvalue weighted by Gasteiger charge is -2.14. The molecular formula is C14H14Cl2N2O. The van der Waals surface area contributed by atoms with Crippen molar-refractivity contribution in [1.29, 1.82) is 0 Å². The van der Waals surface area contributed by atoms with Crippen LogP contribution in [-0.4, -0.2) is 12.1 Å². The van der Waals surface area contributed by atoms with Gasteiger partial charge in [-0.2, -0.15) is 0 Å². The van der Waals surface area contributed by atoms with Gasteiger partial charge in [0.05, 0.1) is 23.9 Å². The first-order valence-corrected chi connectivity index (χ1v) is 6.55. The molecule has 0 aliphatic carbocycles. The van der Waals surface area contributed by atoms with Gasteiger partial charge in [0.25, 0.3) is 0 Å². The summed E-state index contributed by atoms with van der Waals surface area (Å²) < 4.78 is 5.30. The molecule has 0 spiro atoms. The molecule has 1 aromatic carbocycles. The fourth-order valence-corrected chi connectivity index (χ4v) is 2.16. The van der Waals surface area contributed by atoms with Crippen LogP contribution in [0.4, 0.5) is 0 Å². The maximum Gasteiger partial charge on any atom is 0.122 e. The molecule has 1 heterocycles. The number of halogens is 2. The molecule has 0 radical (unpaired) electrons. The third-order valence-corrected chi connectivity index (χ3v) is 3.27. The SMILES string of the molecule is COc1ccc(Cl)cc1CC(N)c1ccc(Cl)cn1. The molecule has 0 amide bonds. The van der Waals surface area contributed by atoms with Gasteiger partial charge in [-0.05, 0) is 42.3 Å². The van der Waals surface area contributed by atoms with E-state index in [0.717, 1.165) is 17.0 Å². The molecule has 0 aliphatic heterocycles. The molecule has 1 aromatic heterocycles. The van der Waals surface area contributed by atoms with E-state index in [2.05, 4.69) is 4.98 Å². The summed E-state index contributed by atoms with van der Waals surface area (Å²) in [6.07, 6.45) is 2.18. The van der Waals surface area contributed by atoms with E-state index in [1.165, 1.54) is 0 Å². The van der Waals surface area contributed by atoms with Crippen molar-refractivity contribution < 1.29 is 4.74 Å². The molecule has 5 heteroatoms. The predicted octanol–water partition coefficient (Wildman–Crippen LogP) is 3.64. The van der Waals surface area contributed by atoms with Gasteiger partial charge < -0.3 is 10.5 Å². The summed E-state index contributed by atoms with van der Waals surface area (Å²) in [5.41, 5.74) is 7.89. The zero-order chi connectivity index (χ0) is 13.8. The minimum absolute atomic E-state index is 0.232. The van der Waals surface area contributed by atoms with Crippen molar-refractivity contribution in [2.45, 2.75) is 12.5 Å². The van der Waals surface area contributed by atoms with Gasteiger partial charge in [0.15, 0.2) is 0 Å². The Labute approximate surface area is 122 Å². The summed E-state index contributed by atoms with van der Waals surface area (Å²) in [6.45, 7) is 0. The average molecular weight is 297 g/mol. The van der Waals surface area contributed by atoms with Gasteiger partial charge in [-0.1, -0.05) is 23.2 Å². The summed E-state index contributed by atoms with van der Waals surface area (Å²) in [6, 6.07) is 8.85. The van der Waals surface area contributed by atoms with Crippen molar-refractivity contribution in [3.8, 4) is 5.75 Å². The fraction of sp³-hybridized carbons (Fsp3) is 0.214. The monoisotopic (exact) mass is 296 g/mol. The maximum atomic E-state index is 6.15. The molecule has 0 saturated heterocycles. The standard InChI is InChI=1S/C14H14Cl2N2O/c1-19-14-5-3-10(15)6-9(14)7-12(17)13-4-2-11(16)8-18-13/h2-6,8,12H,7,17H2,1H3. The molecule has 2 aromatic rings. The van der Waals surface area contributed by atoms with Gasteiger partial charge in [0.1, 0.15) is 5.75 Å².